The fraction of sp³-hybridized carbons (Fsp3) is 0.214. The predicted octanol–water partition coefficient (Wildman–Crippen LogP) is 2.50. The molecular formula is C14H16N4O. The molecule has 0 saturated carbocycles. The van der Waals surface area contributed by atoms with Crippen molar-refractivity contribution in [2.24, 2.45) is 5.92 Å². The number of nitrogens with zero attached hydrogens (tertiary/aromatic N) is 3. The summed E-state index contributed by atoms with van der Waals surface area (Å²) in [5, 5.41) is 7.08. The van der Waals surface area contributed by atoms with Gasteiger partial charge in [-0.3, -0.25) is 4.79 Å². The Balaban J connectivity index is 2.24. The summed E-state index contributed by atoms with van der Waals surface area (Å²) in [7, 11) is 0. The molecule has 2 aromatic rings. The Labute approximate surface area is 112 Å². The minimum Gasteiger partial charge on any atom is -0.326 e. The molecule has 0 fully saturated rings. The van der Waals surface area contributed by atoms with E-state index in [2.05, 4.69) is 22.0 Å². The summed E-state index contributed by atoms with van der Waals surface area (Å²) in [6.45, 7) is 7.33. The highest BCUT2D eigenvalue weighted by molar-refractivity contribution is 5.92. The first kappa shape index (κ1) is 13.0. The van der Waals surface area contributed by atoms with E-state index in [9.17, 15) is 4.79 Å². The largest absolute Gasteiger partial charge is 0.326 e. The molecule has 0 aliphatic rings. The van der Waals surface area contributed by atoms with Gasteiger partial charge < -0.3 is 5.32 Å². The highest BCUT2D eigenvalue weighted by atomic mass is 16.1. The molecular weight excluding hydrogens is 240 g/mol. The molecule has 19 heavy (non-hydrogen) atoms. The van der Waals surface area contributed by atoms with Crippen LogP contribution >= 0.6 is 0 Å². The molecule has 0 bridgehead atoms. The van der Waals surface area contributed by atoms with Gasteiger partial charge >= 0.3 is 0 Å². The van der Waals surface area contributed by atoms with E-state index in [1.54, 1.807) is 17.1 Å². The third kappa shape index (κ3) is 3.07. The lowest BCUT2D eigenvalue weighted by Gasteiger charge is -2.09. The van der Waals surface area contributed by atoms with Crippen molar-refractivity contribution < 1.29 is 4.79 Å². The number of carbonyl (C=O) groups excluding carboxylic acids is 1. The van der Waals surface area contributed by atoms with Gasteiger partial charge in [-0.1, -0.05) is 26.5 Å². The maximum Gasteiger partial charge on any atom is 0.226 e. The number of aromatic nitrogens is 3. The van der Waals surface area contributed by atoms with Crippen LogP contribution in [0.3, 0.4) is 0 Å². The van der Waals surface area contributed by atoms with Gasteiger partial charge in [-0.05, 0) is 24.3 Å². The van der Waals surface area contributed by atoms with E-state index in [0.29, 0.717) is 5.82 Å². The number of rotatable bonds is 4. The number of amides is 1. The van der Waals surface area contributed by atoms with Crippen LogP contribution in [0.25, 0.3) is 11.8 Å². The van der Waals surface area contributed by atoms with Crippen molar-refractivity contribution >= 4 is 17.7 Å². The normalized spacial score (nSPS) is 10.5. The Morgan fingerprint density at radius 2 is 2.26 bits per heavy atom. The van der Waals surface area contributed by atoms with Crippen molar-refractivity contribution in [1.82, 2.24) is 14.8 Å². The van der Waals surface area contributed by atoms with E-state index < -0.39 is 0 Å². The summed E-state index contributed by atoms with van der Waals surface area (Å²) in [6, 6.07) is 7.45. The fourth-order valence-electron chi connectivity index (χ4n) is 1.51. The summed E-state index contributed by atoms with van der Waals surface area (Å²) in [6.07, 6.45) is 3.20. The fourth-order valence-corrected chi connectivity index (χ4v) is 1.51. The number of carbonyl (C=O) groups is 1. The quantitative estimate of drug-likeness (QED) is 0.914. The van der Waals surface area contributed by atoms with Crippen LogP contribution < -0.4 is 5.32 Å². The first-order valence-corrected chi connectivity index (χ1v) is 6.05. The average Bonchev–Trinajstić information content (AvgIpc) is 2.87. The van der Waals surface area contributed by atoms with Crippen LogP contribution in [0.15, 0.2) is 37.2 Å². The molecule has 0 spiro atoms. The molecule has 0 unspecified atom stereocenters. The third-order valence-electron chi connectivity index (χ3n) is 2.59. The molecule has 1 amide bonds. The van der Waals surface area contributed by atoms with Crippen LogP contribution in [0.5, 0.6) is 0 Å². The molecule has 1 aromatic heterocycles. The van der Waals surface area contributed by atoms with Crippen molar-refractivity contribution in [3.63, 3.8) is 0 Å². The lowest BCUT2D eigenvalue weighted by atomic mass is 10.2. The Morgan fingerprint density at radius 1 is 1.47 bits per heavy atom. The first-order chi connectivity index (χ1) is 9.10. The second kappa shape index (κ2) is 5.48. The van der Waals surface area contributed by atoms with Crippen molar-refractivity contribution in [3.8, 4) is 5.69 Å². The first-order valence-electron chi connectivity index (χ1n) is 6.05. The van der Waals surface area contributed by atoms with Gasteiger partial charge in [-0.25, -0.2) is 9.67 Å². The minimum atomic E-state index is -0.0533. The van der Waals surface area contributed by atoms with Gasteiger partial charge in [0.15, 0.2) is 5.82 Å². The highest BCUT2D eigenvalue weighted by Crippen LogP contribution is 2.14. The number of hydrogen-bond donors (Lipinski definition) is 1. The van der Waals surface area contributed by atoms with Gasteiger partial charge in [0.1, 0.15) is 6.33 Å². The molecule has 5 nitrogen and oxygen atoms in total. The van der Waals surface area contributed by atoms with E-state index in [4.69, 9.17) is 0 Å². The molecule has 1 N–H and O–H groups in total. The predicted molar refractivity (Wildman–Crippen MR) is 74.9 cm³/mol. The van der Waals surface area contributed by atoms with Crippen LogP contribution in [0.1, 0.15) is 19.7 Å². The van der Waals surface area contributed by atoms with E-state index in [0.717, 1.165) is 11.4 Å². The van der Waals surface area contributed by atoms with Gasteiger partial charge in [0.25, 0.3) is 0 Å². The molecule has 0 atom stereocenters. The minimum absolute atomic E-state index is 0.0116. The molecule has 0 aliphatic carbocycles. The van der Waals surface area contributed by atoms with Gasteiger partial charge in [-0.2, -0.15) is 0 Å². The van der Waals surface area contributed by atoms with Crippen LogP contribution in [0, 0.1) is 5.92 Å². The van der Waals surface area contributed by atoms with Crippen LogP contribution in [0.2, 0.25) is 0 Å². The topological polar surface area (TPSA) is 59.8 Å². The standard InChI is InChI=1S/C14H16N4O/c1-4-13-15-9-18(17-13)12-7-5-6-11(8-12)16-14(19)10(2)3/h4-10H,1H2,2-3H3,(H,16,19). The highest BCUT2D eigenvalue weighted by Gasteiger charge is 2.08. The summed E-state index contributed by atoms with van der Waals surface area (Å²) in [4.78, 5) is 15.7. The van der Waals surface area contributed by atoms with Gasteiger partial charge in [-0.15, -0.1) is 5.10 Å². The van der Waals surface area contributed by atoms with E-state index in [1.165, 1.54) is 0 Å². The van der Waals surface area contributed by atoms with Gasteiger partial charge in [0.05, 0.1) is 5.69 Å². The molecule has 1 aromatic carbocycles. The maximum atomic E-state index is 11.7. The molecule has 0 saturated heterocycles. The van der Waals surface area contributed by atoms with Crippen molar-refractivity contribution in [3.05, 3.63) is 43.0 Å². The molecule has 98 valence electrons. The number of benzene rings is 1. The van der Waals surface area contributed by atoms with Crippen LogP contribution in [-0.4, -0.2) is 20.7 Å². The summed E-state index contributed by atoms with van der Waals surface area (Å²) >= 11 is 0. The lowest BCUT2D eigenvalue weighted by molar-refractivity contribution is -0.118. The number of hydrogen-bond acceptors (Lipinski definition) is 3. The smallest absolute Gasteiger partial charge is 0.226 e. The van der Waals surface area contributed by atoms with E-state index in [-0.39, 0.29) is 11.8 Å². The molecule has 1 heterocycles. The Bertz CT molecular complexity index is 601. The number of anilines is 1. The molecule has 0 radical (unpaired) electrons. The lowest BCUT2D eigenvalue weighted by Crippen LogP contribution is -2.17. The van der Waals surface area contributed by atoms with E-state index >= 15 is 0 Å². The second-order valence-corrected chi connectivity index (χ2v) is 4.45. The Kier molecular flexibility index (Phi) is 3.75. The summed E-state index contributed by atoms with van der Waals surface area (Å²) in [5.41, 5.74) is 1.58. The van der Waals surface area contributed by atoms with Gasteiger partial charge in [0, 0.05) is 11.6 Å². The number of nitrogens with one attached hydrogen (secondary N) is 1. The Morgan fingerprint density at radius 3 is 2.89 bits per heavy atom. The third-order valence-corrected chi connectivity index (χ3v) is 2.59. The van der Waals surface area contributed by atoms with Crippen LogP contribution in [-0.2, 0) is 4.79 Å². The molecule has 2 rings (SSSR count). The zero-order valence-corrected chi connectivity index (χ0v) is 11.0. The monoisotopic (exact) mass is 256 g/mol. The van der Waals surface area contributed by atoms with Crippen LogP contribution in [0.4, 0.5) is 5.69 Å². The zero-order chi connectivity index (χ0) is 13.8. The summed E-state index contributed by atoms with van der Waals surface area (Å²) in [5.74, 6) is 0.501. The van der Waals surface area contributed by atoms with Crippen molar-refractivity contribution in [2.75, 3.05) is 5.32 Å². The Hall–Kier alpha value is -2.43. The van der Waals surface area contributed by atoms with E-state index in [1.807, 2.05) is 38.1 Å². The zero-order valence-electron chi connectivity index (χ0n) is 11.0. The van der Waals surface area contributed by atoms with Gasteiger partial charge in [0.2, 0.25) is 5.91 Å². The molecule has 0 aliphatic heterocycles. The maximum absolute atomic E-state index is 11.7. The average molecular weight is 256 g/mol. The summed E-state index contributed by atoms with van der Waals surface area (Å²) < 4.78 is 1.64. The SMILES string of the molecule is C=Cc1ncn(-c2cccc(NC(=O)C(C)C)c2)n1. The van der Waals surface area contributed by atoms with Crippen molar-refractivity contribution in [2.45, 2.75) is 13.8 Å². The molecule has 5 heteroatoms. The second-order valence-electron chi connectivity index (χ2n) is 4.45. The van der Waals surface area contributed by atoms with Crippen molar-refractivity contribution in [1.29, 1.82) is 0 Å².